The molecule has 0 saturated carbocycles. The molecule has 1 fully saturated rings. The van der Waals surface area contributed by atoms with Gasteiger partial charge in [-0.25, -0.2) is 0 Å². The van der Waals surface area contributed by atoms with Gasteiger partial charge in [-0.2, -0.15) is 0 Å². The number of hydrogen-bond acceptors (Lipinski definition) is 3. The summed E-state index contributed by atoms with van der Waals surface area (Å²) < 4.78 is 5.05. The van der Waals surface area contributed by atoms with Gasteiger partial charge in [0.2, 0.25) is 5.91 Å². The van der Waals surface area contributed by atoms with E-state index in [0.29, 0.717) is 25.1 Å². The number of nitrogens with zero attached hydrogens (tertiary/aromatic N) is 1. The molecule has 0 aromatic heterocycles. The van der Waals surface area contributed by atoms with Crippen molar-refractivity contribution < 1.29 is 14.3 Å². The zero-order valence-electron chi connectivity index (χ0n) is 14.2. The lowest BCUT2D eigenvalue weighted by Crippen LogP contribution is -2.31. The average molecular weight is 318 g/mol. The van der Waals surface area contributed by atoms with E-state index in [9.17, 15) is 9.59 Å². The van der Waals surface area contributed by atoms with Crippen molar-refractivity contribution in [3.05, 3.63) is 35.4 Å². The molecule has 2 rings (SSSR count). The number of benzene rings is 1. The zero-order chi connectivity index (χ0) is 16.8. The fraction of sp³-hybridized carbons (Fsp3) is 0.556. The molecule has 2 amide bonds. The number of nitrogens with one attached hydrogen (secondary N) is 1. The first-order valence-corrected chi connectivity index (χ1v) is 8.16. The van der Waals surface area contributed by atoms with Crippen LogP contribution in [0.5, 0.6) is 0 Å². The summed E-state index contributed by atoms with van der Waals surface area (Å²) >= 11 is 0. The molecular weight excluding hydrogens is 292 g/mol. The van der Waals surface area contributed by atoms with Crippen molar-refractivity contribution >= 4 is 11.8 Å². The fourth-order valence-electron chi connectivity index (χ4n) is 2.98. The van der Waals surface area contributed by atoms with Gasteiger partial charge in [0.15, 0.2) is 0 Å². The van der Waals surface area contributed by atoms with Gasteiger partial charge in [0.05, 0.1) is 6.61 Å². The molecule has 1 atom stereocenters. The van der Waals surface area contributed by atoms with Crippen molar-refractivity contribution in [1.82, 2.24) is 10.2 Å². The second-order valence-electron chi connectivity index (χ2n) is 6.39. The molecule has 0 spiro atoms. The summed E-state index contributed by atoms with van der Waals surface area (Å²) in [6, 6.07) is 7.77. The molecule has 1 N–H and O–H groups in total. The lowest BCUT2D eigenvalue weighted by Gasteiger charge is -2.17. The van der Waals surface area contributed by atoms with Gasteiger partial charge >= 0.3 is 0 Å². The van der Waals surface area contributed by atoms with E-state index in [1.807, 2.05) is 43.0 Å². The number of methoxy groups -OCH3 is 1. The summed E-state index contributed by atoms with van der Waals surface area (Å²) in [4.78, 5) is 26.2. The van der Waals surface area contributed by atoms with Crippen LogP contribution in [0.2, 0.25) is 0 Å². The Morgan fingerprint density at radius 3 is 2.83 bits per heavy atom. The third-order valence-electron chi connectivity index (χ3n) is 4.05. The number of ether oxygens (including phenoxy) is 1. The van der Waals surface area contributed by atoms with Crippen LogP contribution >= 0.6 is 0 Å². The van der Waals surface area contributed by atoms with Crippen LogP contribution in [0.3, 0.4) is 0 Å². The van der Waals surface area contributed by atoms with Gasteiger partial charge in [-0.05, 0) is 37.8 Å². The molecule has 0 aliphatic carbocycles. The summed E-state index contributed by atoms with van der Waals surface area (Å²) in [5, 5.41) is 2.94. The lowest BCUT2D eigenvalue weighted by molar-refractivity contribution is -0.128. The average Bonchev–Trinajstić information content (AvgIpc) is 2.84. The summed E-state index contributed by atoms with van der Waals surface area (Å²) in [7, 11) is 1.64. The number of hydrogen-bond donors (Lipinski definition) is 1. The highest BCUT2D eigenvalue weighted by molar-refractivity contribution is 5.95. The molecule has 126 valence electrons. The molecular formula is C18H26N2O3. The molecule has 1 unspecified atom stereocenters. The zero-order valence-corrected chi connectivity index (χ0v) is 14.2. The van der Waals surface area contributed by atoms with E-state index in [2.05, 4.69) is 5.32 Å². The molecule has 5 nitrogen and oxygen atoms in total. The minimum Gasteiger partial charge on any atom is -0.383 e. The van der Waals surface area contributed by atoms with Crippen molar-refractivity contribution in [3.8, 4) is 0 Å². The SMILES string of the molecule is COCCN1CC(Cc2ccccc2C(=O)NC(C)C)CC1=O. The van der Waals surface area contributed by atoms with E-state index in [1.165, 1.54) is 0 Å². The Hall–Kier alpha value is -1.88. The van der Waals surface area contributed by atoms with Crippen LogP contribution in [0.25, 0.3) is 0 Å². The van der Waals surface area contributed by atoms with E-state index in [1.54, 1.807) is 7.11 Å². The van der Waals surface area contributed by atoms with Crippen molar-refractivity contribution in [2.24, 2.45) is 5.92 Å². The van der Waals surface area contributed by atoms with E-state index >= 15 is 0 Å². The van der Waals surface area contributed by atoms with Crippen LogP contribution in [-0.4, -0.2) is 49.6 Å². The maximum Gasteiger partial charge on any atom is 0.251 e. The smallest absolute Gasteiger partial charge is 0.251 e. The molecule has 1 aliphatic rings. The summed E-state index contributed by atoms with van der Waals surface area (Å²) in [6.07, 6.45) is 1.29. The number of carbonyl (C=O) groups is 2. The van der Waals surface area contributed by atoms with Crippen molar-refractivity contribution in [3.63, 3.8) is 0 Å². The van der Waals surface area contributed by atoms with E-state index < -0.39 is 0 Å². The third-order valence-corrected chi connectivity index (χ3v) is 4.05. The molecule has 5 heteroatoms. The van der Waals surface area contributed by atoms with Gasteiger partial charge in [-0.1, -0.05) is 18.2 Å². The maximum absolute atomic E-state index is 12.3. The Kier molecular flexibility index (Phi) is 6.16. The Morgan fingerprint density at radius 2 is 2.13 bits per heavy atom. The predicted molar refractivity (Wildman–Crippen MR) is 89.3 cm³/mol. The molecule has 1 saturated heterocycles. The van der Waals surface area contributed by atoms with E-state index in [4.69, 9.17) is 4.74 Å². The molecule has 1 aliphatic heterocycles. The number of likely N-dealkylation sites (tertiary alicyclic amines) is 1. The Balaban J connectivity index is 2.03. The number of rotatable bonds is 7. The third kappa shape index (κ3) is 4.79. The highest BCUT2D eigenvalue weighted by Crippen LogP contribution is 2.23. The first kappa shape index (κ1) is 17.5. The summed E-state index contributed by atoms with van der Waals surface area (Å²) in [5.41, 5.74) is 1.72. The van der Waals surface area contributed by atoms with Gasteiger partial charge in [0.25, 0.3) is 5.91 Å². The van der Waals surface area contributed by atoms with Crippen LogP contribution in [0.1, 0.15) is 36.2 Å². The highest BCUT2D eigenvalue weighted by Gasteiger charge is 2.30. The minimum atomic E-state index is -0.0452. The van der Waals surface area contributed by atoms with Gasteiger partial charge in [0, 0.05) is 38.2 Å². The second-order valence-corrected chi connectivity index (χ2v) is 6.39. The highest BCUT2D eigenvalue weighted by atomic mass is 16.5. The van der Waals surface area contributed by atoms with Crippen LogP contribution in [0.15, 0.2) is 24.3 Å². The molecule has 1 aromatic rings. The molecule has 1 aromatic carbocycles. The fourth-order valence-corrected chi connectivity index (χ4v) is 2.98. The quantitative estimate of drug-likeness (QED) is 0.835. The molecule has 0 bridgehead atoms. The first-order chi connectivity index (χ1) is 11.0. The minimum absolute atomic E-state index is 0.0452. The van der Waals surface area contributed by atoms with E-state index in [-0.39, 0.29) is 23.8 Å². The van der Waals surface area contributed by atoms with Gasteiger partial charge in [-0.3, -0.25) is 9.59 Å². The predicted octanol–water partition coefficient (Wildman–Crippen LogP) is 1.86. The Bertz CT molecular complexity index is 557. The lowest BCUT2D eigenvalue weighted by atomic mass is 9.94. The van der Waals surface area contributed by atoms with Crippen LogP contribution < -0.4 is 5.32 Å². The summed E-state index contributed by atoms with van der Waals surface area (Å²) in [6.45, 7) is 5.84. The van der Waals surface area contributed by atoms with Crippen molar-refractivity contribution in [2.75, 3.05) is 26.8 Å². The van der Waals surface area contributed by atoms with Gasteiger partial charge < -0.3 is 15.0 Å². The largest absolute Gasteiger partial charge is 0.383 e. The van der Waals surface area contributed by atoms with Crippen LogP contribution in [-0.2, 0) is 16.0 Å². The van der Waals surface area contributed by atoms with E-state index in [0.717, 1.165) is 18.5 Å². The van der Waals surface area contributed by atoms with Crippen molar-refractivity contribution in [2.45, 2.75) is 32.7 Å². The number of amides is 2. The molecule has 23 heavy (non-hydrogen) atoms. The first-order valence-electron chi connectivity index (χ1n) is 8.16. The van der Waals surface area contributed by atoms with Gasteiger partial charge in [-0.15, -0.1) is 0 Å². The maximum atomic E-state index is 12.3. The van der Waals surface area contributed by atoms with Gasteiger partial charge in [0.1, 0.15) is 0 Å². The molecule has 1 heterocycles. The van der Waals surface area contributed by atoms with Crippen LogP contribution in [0.4, 0.5) is 0 Å². The Morgan fingerprint density at radius 1 is 1.39 bits per heavy atom. The normalized spacial score (nSPS) is 17.8. The topological polar surface area (TPSA) is 58.6 Å². The summed E-state index contributed by atoms with van der Waals surface area (Å²) in [5.74, 6) is 0.389. The Labute approximate surface area is 138 Å². The van der Waals surface area contributed by atoms with Crippen molar-refractivity contribution in [1.29, 1.82) is 0 Å². The van der Waals surface area contributed by atoms with Crippen LogP contribution in [0, 0.1) is 5.92 Å². The molecule has 0 radical (unpaired) electrons. The standard InChI is InChI=1S/C18H26N2O3/c1-13(2)19-18(22)16-7-5-4-6-15(16)10-14-11-17(21)20(12-14)8-9-23-3/h4-7,13-14H,8-12H2,1-3H3,(H,19,22). The second kappa shape index (κ2) is 8.11. The monoisotopic (exact) mass is 318 g/mol. The number of carbonyl (C=O) groups excluding carboxylic acids is 2.